The molecule has 5 nitrogen and oxygen atoms in total. The smallest absolute Gasteiger partial charge is 0.248 e. The van der Waals surface area contributed by atoms with Gasteiger partial charge >= 0.3 is 0 Å². The lowest BCUT2D eigenvalue weighted by molar-refractivity contribution is 0.100. The first-order valence-electron chi connectivity index (χ1n) is 10.7. The summed E-state index contributed by atoms with van der Waals surface area (Å²) in [6.07, 6.45) is 8.02. The first-order chi connectivity index (χ1) is 14.7. The van der Waals surface area contributed by atoms with Crippen molar-refractivity contribution in [2.45, 2.75) is 31.6 Å². The Morgan fingerprint density at radius 2 is 1.90 bits per heavy atom. The monoisotopic (exact) mass is 400 g/mol. The highest BCUT2D eigenvalue weighted by Crippen LogP contribution is 2.32. The van der Waals surface area contributed by atoms with Gasteiger partial charge in [0.05, 0.1) is 11.4 Å². The van der Waals surface area contributed by atoms with Crippen molar-refractivity contribution < 1.29 is 4.79 Å². The molecule has 0 spiro atoms. The highest BCUT2D eigenvalue weighted by molar-refractivity contribution is 5.94. The number of rotatable bonds is 7. The second-order valence-electron chi connectivity index (χ2n) is 7.96. The van der Waals surface area contributed by atoms with E-state index in [1.54, 1.807) is 18.5 Å². The second kappa shape index (κ2) is 9.63. The van der Waals surface area contributed by atoms with Gasteiger partial charge in [-0.05, 0) is 56.5 Å². The van der Waals surface area contributed by atoms with Gasteiger partial charge in [0.2, 0.25) is 5.91 Å². The number of hydrogen-bond acceptors (Lipinski definition) is 4. The zero-order chi connectivity index (χ0) is 20.8. The van der Waals surface area contributed by atoms with E-state index in [-0.39, 0.29) is 0 Å². The van der Waals surface area contributed by atoms with Crippen molar-refractivity contribution in [2.75, 3.05) is 19.6 Å². The molecule has 1 atom stereocenters. The summed E-state index contributed by atoms with van der Waals surface area (Å²) in [5.74, 6) is -0.0824. The molecule has 1 saturated heterocycles. The number of carbonyl (C=O) groups is 1. The normalized spacial score (nSPS) is 17.0. The van der Waals surface area contributed by atoms with Crippen molar-refractivity contribution in [3.63, 3.8) is 0 Å². The summed E-state index contributed by atoms with van der Waals surface area (Å²) in [6.45, 7) is 3.23. The minimum absolute atomic E-state index is 0.344. The van der Waals surface area contributed by atoms with Crippen LogP contribution >= 0.6 is 0 Å². The van der Waals surface area contributed by atoms with Crippen molar-refractivity contribution in [3.8, 4) is 11.3 Å². The van der Waals surface area contributed by atoms with Crippen molar-refractivity contribution >= 4 is 5.91 Å². The lowest BCUT2D eigenvalue weighted by atomic mass is 9.91. The number of nitrogens with two attached hydrogens (primary N) is 1. The Hall–Kier alpha value is -3.05. The average Bonchev–Trinajstić information content (AvgIpc) is 2.80. The molecule has 2 N–H and O–H groups in total. The number of aryl methyl sites for hydroxylation is 1. The summed E-state index contributed by atoms with van der Waals surface area (Å²) >= 11 is 0. The third-order valence-corrected chi connectivity index (χ3v) is 5.82. The quantitative estimate of drug-likeness (QED) is 0.649. The fraction of sp³-hybridized carbons (Fsp3) is 0.320. The Morgan fingerprint density at radius 3 is 2.73 bits per heavy atom. The first kappa shape index (κ1) is 20.2. The van der Waals surface area contributed by atoms with Crippen LogP contribution in [0.4, 0.5) is 0 Å². The summed E-state index contributed by atoms with van der Waals surface area (Å²) in [6, 6.07) is 18.1. The third-order valence-electron chi connectivity index (χ3n) is 5.82. The SMILES string of the molecule is NC(=O)c1cccc(-c2nccnc2[C@H]2CCCN(CCCc3ccccc3)C2)c1. The Bertz CT molecular complexity index is 989. The Balaban J connectivity index is 1.46. The summed E-state index contributed by atoms with van der Waals surface area (Å²) in [4.78, 5) is 23.5. The molecule has 154 valence electrons. The van der Waals surface area contributed by atoms with E-state index < -0.39 is 5.91 Å². The predicted molar refractivity (Wildman–Crippen MR) is 119 cm³/mol. The Labute approximate surface area is 178 Å². The van der Waals surface area contributed by atoms with Crippen LogP contribution in [0.2, 0.25) is 0 Å². The number of nitrogens with zero attached hydrogens (tertiary/aromatic N) is 3. The largest absolute Gasteiger partial charge is 0.366 e. The molecule has 0 unspecified atom stereocenters. The van der Waals surface area contributed by atoms with E-state index in [2.05, 4.69) is 40.2 Å². The lowest BCUT2D eigenvalue weighted by Crippen LogP contribution is -2.35. The van der Waals surface area contributed by atoms with Crippen LogP contribution in [-0.4, -0.2) is 40.4 Å². The predicted octanol–water partition coefficient (Wildman–Crippen LogP) is 4.05. The molecule has 1 aliphatic heterocycles. The average molecular weight is 401 g/mol. The first-order valence-corrected chi connectivity index (χ1v) is 10.7. The highest BCUT2D eigenvalue weighted by atomic mass is 16.1. The molecule has 2 heterocycles. The van der Waals surface area contributed by atoms with Crippen LogP contribution in [0.1, 0.15) is 46.8 Å². The van der Waals surface area contributed by atoms with Crippen LogP contribution < -0.4 is 5.73 Å². The molecule has 1 fully saturated rings. The second-order valence-corrected chi connectivity index (χ2v) is 7.96. The van der Waals surface area contributed by atoms with E-state index in [1.807, 2.05) is 18.2 Å². The minimum atomic E-state index is -0.426. The van der Waals surface area contributed by atoms with Gasteiger partial charge in [-0.15, -0.1) is 0 Å². The molecule has 2 aromatic carbocycles. The Kier molecular flexibility index (Phi) is 6.50. The zero-order valence-corrected chi connectivity index (χ0v) is 17.2. The molecule has 1 aromatic heterocycles. The highest BCUT2D eigenvalue weighted by Gasteiger charge is 2.25. The summed E-state index contributed by atoms with van der Waals surface area (Å²) in [5, 5.41) is 0. The molecule has 0 radical (unpaired) electrons. The molecule has 5 heteroatoms. The zero-order valence-electron chi connectivity index (χ0n) is 17.2. The molecule has 3 aromatic rings. The number of carbonyl (C=O) groups excluding carboxylic acids is 1. The number of benzene rings is 2. The molecule has 0 aliphatic carbocycles. The molecular weight excluding hydrogens is 372 g/mol. The van der Waals surface area contributed by atoms with Crippen molar-refractivity contribution in [1.29, 1.82) is 0 Å². The van der Waals surface area contributed by atoms with E-state index in [0.717, 1.165) is 62.3 Å². The van der Waals surface area contributed by atoms with Gasteiger partial charge in [-0.25, -0.2) is 0 Å². The van der Waals surface area contributed by atoms with Crippen molar-refractivity contribution in [2.24, 2.45) is 5.73 Å². The topological polar surface area (TPSA) is 72.1 Å². The fourth-order valence-electron chi connectivity index (χ4n) is 4.32. The summed E-state index contributed by atoms with van der Waals surface area (Å²) < 4.78 is 0. The number of aromatic nitrogens is 2. The molecule has 1 aliphatic rings. The van der Waals surface area contributed by atoms with Crippen LogP contribution in [0.15, 0.2) is 67.0 Å². The lowest BCUT2D eigenvalue weighted by Gasteiger charge is -2.33. The van der Waals surface area contributed by atoms with Gasteiger partial charge in [-0.2, -0.15) is 0 Å². The molecule has 4 rings (SSSR count). The van der Waals surface area contributed by atoms with E-state index >= 15 is 0 Å². The molecule has 30 heavy (non-hydrogen) atoms. The van der Waals surface area contributed by atoms with Crippen molar-refractivity contribution in [3.05, 3.63) is 83.8 Å². The number of piperidine rings is 1. The van der Waals surface area contributed by atoms with E-state index in [1.165, 1.54) is 5.56 Å². The summed E-state index contributed by atoms with van der Waals surface area (Å²) in [7, 11) is 0. The van der Waals surface area contributed by atoms with Crippen LogP contribution in [0, 0.1) is 0 Å². The van der Waals surface area contributed by atoms with E-state index in [0.29, 0.717) is 11.5 Å². The maximum atomic E-state index is 11.6. The van der Waals surface area contributed by atoms with Crippen molar-refractivity contribution in [1.82, 2.24) is 14.9 Å². The molecule has 0 saturated carbocycles. The number of primary amides is 1. The number of amides is 1. The van der Waals surface area contributed by atoms with Gasteiger partial charge in [-0.3, -0.25) is 14.8 Å². The third kappa shape index (κ3) is 4.92. The number of likely N-dealkylation sites (tertiary alicyclic amines) is 1. The van der Waals surface area contributed by atoms with Crippen LogP contribution in [0.25, 0.3) is 11.3 Å². The van der Waals surface area contributed by atoms with Crippen LogP contribution in [0.3, 0.4) is 0 Å². The van der Waals surface area contributed by atoms with Gasteiger partial charge in [0.1, 0.15) is 0 Å². The molecular formula is C25H28N4O. The van der Waals surface area contributed by atoms with Gasteiger partial charge < -0.3 is 10.6 Å². The number of hydrogen-bond donors (Lipinski definition) is 1. The van der Waals surface area contributed by atoms with Gasteiger partial charge in [0, 0.05) is 36.0 Å². The standard InChI is InChI=1S/C25H28N4O/c26-25(30)21-11-4-10-20(17-21)23-24(28-14-13-27-23)22-12-6-16-29(18-22)15-5-9-19-7-2-1-3-8-19/h1-4,7-8,10-11,13-14,17,22H,5-6,9,12,15-16,18H2,(H2,26,30)/t22-/m0/s1. The summed E-state index contributed by atoms with van der Waals surface area (Å²) in [5.41, 5.74) is 10.1. The fourth-order valence-corrected chi connectivity index (χ4v) is 4.32. The van der Waals surface area contributed by atoms with Crippen LogP contribution in [0.5, 0.6) is 0 Å². The van der Waals surface area contributed by atoms with Gasteiger partial charge in [0.25, 0.3) is 0 Å². The molecule has 0 bridgehead atoms. The van der Waals surface area contributed by atoms with E-state index in [4.69, 9.17) is 10.7 Å². The van der Waals surface area contributed by atoms with Crippen LogP contribution in [-0.2, 0) is 6.42 Å². The van der Waals surface area contributed by atoms with E-state index in [9.17, 15) is 4.79 Å². The maximum absolute atomic E-state index is 11.6. The molecule has 1 amide bonds. The Morgan fingerprint density at radius 1 is 1.07 bits per heavy atom. The maximum Gasteiger partial charge on any atom is 0.248 e. The van der Waals surface area contributed by atoms with Gasteiger partial charge in [0.15, 0.2) is 0 Å². The minimum Gasteiger partial charge on any atom is -0.366 e. The van der Waals surface area contributed by atoms with Gasteiger partial charge in [-0.1, -0.05) is 42.5 Å².